The molecule has 0 radical (unpaired) electrons. The third-order valence-electron chi connectivity index (χ3n) is 2.52. The number of carbonyl (C=O) groups excluding carboxylic acids is 1. The van der Waals surface area contributed by atoms with Gasteiger partial charge in [-0.2, -0.15) is 0 Å². The number of hydrogen-bond donors (Lipinski definition) is 0. The predicted octanol–water partition coefficient (Wildman–Crippen LogP) is 3.18. The smallest absolute Gasteiger partial charge is 0.204 e. The van der Waals surface area contributed by atoms with E-state index in [0.717, 1.165) is 0 Å². The monoisotopic (exact) mass is 266 g/mol. The van der Waals surface area contributed by atoms with Crippen molar-refractivity contribution in [2.75, 3.05) is 14.2 Å². The molecule has 2 rings (SSSR count). The van der Waals surface area contributed by atoms with Crippen LogP contribution in [0.1, 0.15) is 15.9 Å². The molecule has 1 heterocycles. The van der Waals surface area contributed by atoms with Crippen LogP contribution in [0.25, 0.3) is 0 Å². The molecule has 0 aliphatic carbocycles. The summed E-state index contributed by atoms with van der Waals surface area (Å²) in [5.74, 6) is 0.784. The topological polar surface area (TPSA) is 48.7 Å². The normalized spacial score (nSPS) is 10.2. The number of rotatable bonds is 4. The van der Waals surface area contributed by atoms with Crippen LogP contribution in [-0.2, 0) is 0 Å². The van der Waals surface area contributed by atoms with E-state index in [0.29, 0.717) is 22.6 Å². The Labute approximate surface area is 109 Å². The highest BCUT2D eigenvalue weighted by Gasteiger charge is 2.19. The molecule has 2 aromatic rings. The lowest BCUT2D eigenvalue weighted by Gasteiger charge is -2.08. The number of ether oxygens (including phenoxy) is 2. The van der Waals surface area contributed by atoms with E-state index in [1.54, 1.807) is 25.3 Å². The van der Waals surface area contributed by atoms with Gasteiger partial charge in [-0.15, -0.1) is 0 Å². The van der Waals surface area contributed by atoms with E-state index >= 15 is 0 Å². The quantitative estimate of drug-likeness (QED) is 0.798. The molecule has 0 saturated heterocycles. The molecule has 94 valence electrons. The van der Waals surface area contributed by atoms with Crippen LogP contribution < -0.4 is 9.47 Å². The van der Waals surface area contributed by atoms with Crippen molar-refractivity contribution in [3.63, 3.8) is 0 Å². The Bertz CT molecular complexity index is 574. The third-order valence-corrected chi connectivity index (χ3v) is 2.81. The molecule has 18 heavy (non-hydrogen) atoms. The summed E-state index contributed by atoms with van der Waals surface area (Å²) >= 11 is 5.79. The minimum Gasteiger partial charge on any atom is -0.497 e. The number of ketones is 1. The first-order chi connectivity index (χ1) is 8.67. The highest BCUT2D eigenvalue weighted by atomic mass is 35.5. The number of carbonyl (C=O) groups is 1. The van der Waals surface area contributed by atoms with Crippen molar-refractivity contribution in [2.24, 2.45) is 0 Å². The highest BCUT2D eigenvalue weighted by Crippen LogP contribution is 2.29. The summed E-state index contributed by atoms with van der Waals surface area (Å²) in [6, 6.07) is 6.47. The Hall–Kier alpha value is -1.94. The van der Waals surface area contributed by atoms with Gasteiger partial charge in [0.05, 0.1) is 31.6 Å². The van der Waals surface area contributed by atoms with E-state index in [2.05, 4.69) is 0 Å². The fraction of sp³-hybridized carbons (Fsp3) is 0.154. The average molecular weight is 267 g/mol. The first-order valence-electron chi connectivity index (χ1n) is 5.17. The van der Waals surface area contributed by atoms with Crippen molar-refractivity contribution in [1.29, 1.82) is 0 Å². The Morgan fingerprint density at radius 1 is 1.17 bits per heavy atom. The van der Waals surface area contributed by atoms with Gasteiger partial charge in [-0.1, -0.05) is 0 Å². The van der Waals surface area contributed by atoms with Crippen LogP contribution in [0.2, 0.25) is 5.22 Å². The molecule has 0 fully saturated rings. The zero-order valence-corrected chi connectivity index (χ0v) is 10.7. The van der Waals surface area contributed by atoms with Gasteiger partial charge >= 0.3 is 0 Å². The van der Waals surface area contributed by atoms with Crippen LogP contribution in [-0.4, -0.2) is 20.0 Å². The first kappa shape index (κ1) is 12.5. The lowest BCUT2D eigenvalue weighted by molar-refractivity contribution is 0.103. The molecule has 1 aromatic carbocycles. The molecule has 0 saturated carbocycles. The maximum Gasteiger partial charge on any atom is 0.204 e. The van der Waals surface area contributed by atoms with Gasteiger partial charge in [-0.05, 0) is 29.8 Å². The minimum atomic E-state index is -0.256. The van der Waals surface area contributed by atoms with Crippen molar-refractivity contribution < 1.29 is 18.7 Å². The molecule has 0 bridgehead atoms. The minimum absolute atomic E-state index is 0.0675. The van der Waals surface area contributed by atoms with Gasteiger partial charge in [0.1, 0.15) is 11.5 Å². The molecule has 5 heteroatoms. The zero-order chi connectivity index (χ0) is 13.1. The van der Waals surface area contributed by atoms with Gasteiger partial charge in [-0.25, -0.2) is 0 Å². The summed E-state index contributed by atoms with van der Waals surface area (Å²) in [4.78, 5) is 12.2. The number of halogens is 1. The lowest BCUT2D eigenvalue weighted by Crippen LogP contribution is -2.03. The second-order valence-corrected chi connectivity index (χ2v) is 3.85. The second kappa shape index (κ2) is 5.14. The van der Waals surface area contributed by atoms with E-state index in [9.17, 15) is 4.79 Å². The van der Waals surface area contributed by atoms with E-state index in [1.165, 1.54) is 19.4 Å². The Kier molecular flexibility index (Phi) is 3.58. The number of methoxy groups -OCH3 is 2. The summed E-state index contributed by atoms with van der Waals surface area (Å²) in [6.07, 6.45) is 1.37. The van der Waals surface area contributed by atoms with Crippen LogP contribution in [0.3, 0.4) is 0 Å². The molecular weight excluding hydrogens is 256 g/mol. The Morgan fingerprint density at radius 2 is 1.94 bits per heavy atom. The van der Waals surface area contributed by atoms with Crippen molar-refractivity contribution in [1.82, 2.24) is 0 Å². The van der Waals surface area contributed by atoms with Gasteiger partial charge in [0.25, 0.3) is 0 Å². The zero-order valence-electron chi connectivity index (χ0n) is 9.90. The Balaban J connectivity index is 2.45. The van der Waals surface area contributed by atoms with Crippen molar-refractivity contribution in [3.05, 3.63) is 46.9 Å². The molecule has 0 aliphatic rings. The van der Waals surface area contributed by atoms with Crippen LogP contribution in [0.15, 0.2) is 34.9 Å². The van der Waals surface area contributed by atoms with E-state index in [1.807, 2.05) is 0 Å². The van der Waals surface area contributed by atoms with Gasteiger partial charge in [0.2, 0.25) is 11.0 Å². The van der Waals surface area contributed by atoms with E-state index in [4.69, 9.17) is 25.5 Å². The number of furan rings is 1. The number of hydrogen-bond acceptors (Lipinski definition) is 4. The summed E-state index contributed by atoms with van der Waals surface area (Å²) in [5.41, 5.74) is 0.710. The van der Waals surface area contributed by atoms with Crippen LogP contribution in [0.5, 0.6) is 11.5 Å². The molecular formula is C13H11ClO4. The fourth-order valence-electron chi connectivity index (χ4n) is 1.59. The molecule has 1 aromatic heterocycles. The predicted molar refractivity (Wildman–Crippen MR) is 66.7 cm³/mol. The lowest BCUT2D eigenvalue weighted by atomic mass is 10.0. The van der Waals surface area contributed by atoms with Crippen LogP contribution >= 0.6 is 11.6 Å². The summed E-state index contributed by atoms with van der Waals surface area (Å²) in [7, 11) is 3.03. The molecule has 0 amide bonds. The molecule has 0 atom stereocenters. The van der Waals surface area contributed by atoms with Gasteiger partial charge in [0.15, 0.2) is 0 Å². The molecule has 4 nitrogen and oxygen atoms in total. The van der Waals surface area contributed by atoms with Gasteiger partial charge in [0, 0.05) is 6.07 Å². The maximum atomic E-state index is 12.2. The standard InChI is InChI=1S/C13H11ClO4/c1-16-8-3-4-9(11(7-8)17-2)12(15)10-5-6-18-13(10)14/h3-7H,1-2H3. The molecule has 0 aliphatic heterocycles. The molecule has 0 spiro atoms. The second-order valence-electron chi connectivity index (χ2n) is 3.50. The van der Waals surface area contributed by atoms with E-state index < -0.39 is 0 Å². The number of benzene rings is 1. The summed E-state index contributed by atoms with van der Waals surface area (Å²) in [5, 5.41) is 0.0675. The summed E-state index contributed by atoms with van der Waals surface area (Å²) in [6.45, 7) is 0. The van der Waals surface area contributed by atoms with E-state index in [-0.39, 0.29) is 11.0 Å². The SMILES string of the molecule is COc1ccc(C(=O)c2ccoc2Cl)c(OC)c1. The third kappa shape index (κ3) is 2.19. The van der Waals surface area contributed by atoms with Crippen molar-refractivity contribution in [2.45, 2.75) is 0 Å². The van der Waals surface area contributed by atoms with Crippen molar-refractivity contribution in [3.8, 4) is 11.5 Å². The first-order valence-corrected chi connectivity index (χ1v) is 5.55. The fourth-order valence-corrected chi connectivity index (χ4v) is 1.79. The van der Waals surface area contributed by atoms with Crippen molar-refractivity contribution >= 4 is 17.4 Å². The van der Waals surface area contributed by atoms with Crippen LogP contribution in [0, 0.1) is 0 Å². The summed E-state index contributed by atoms with van der Waals surface area (Å²) < 4.78 is 15.1. The largest absolute Gasteiger partial charge is 0.497 e. The van der Waals surface area contributed by atoms with Gasteiger partial charge in [-0.3, -0.25) is 4.79 Å². The molecule has 0 N–H and O–H groups in total. The Morgan fingerprint density at radius 3 is 2.50 bits per heavy atom. The molecule has 0 unspecified atom stereocenters. The maximum absolute atomic E-state index is 12.2. The van der Waals surface area contributed by atoms with Gasteiger partial charge < -0.3 is 13.9 Å². The average Bonchev–Trinajstić information content (AvgIpc) is 2.83. The van der Waals surface area contributed by atoms with Crippen LogP contribution in [0.4, 0.5) is 0 Å². The highest BCUT2D eigenvalue weighted by molar-refractivity contribution is 6.33.